The number of carbonyl (C=O) groups is 1. The molecule has 0 aliphatic rings. The van der Waals surface area contributed by atoms with Crippen LogP contribution >= 0.6 is 15.9 Å². The van der Waals surface area contributed by atoms with E-state index in [0.717, 1.165) is 10.7 Å². The molecule has 134 valence electrons. The fourth-order valence-electron chi connectivity index (χ4n) is 2.25. The number of ether oxygens (including phenoxy) is 1. The SMILES string of the molecule is COc1ccc([C@H](CC(=O)Nc2ccc(Br)cc2)NS(C)(=O)=O)cc1. The standard InChI is InChI=1S/C17H19BrN2O4S/c1-24-15-9-3-12(4-10-15)16(20-25(2,22)23)11-17(21)19-14-7-5-13(18)6-8-14/h3-10,16,20H,11H2,1-2H3,(H,19,21)/t16-/m0/s1. The second-order valence-corrected chi connectivity index (χ2v) is 8.17. The number of amides is 1. The van der Waals surface area contributed by atoms with E-state index in [1.807, 2.05) is 12.1 Å². The molecule has 0 unspecified atom stereocenters. The van der Waals surface area contributed by atoms with Crippen molar-refractivity contribution in [1.82, 2.24) is 4.72 Å². The number of benzene rings is 2. The second-order valence-electron chi connectivity index (χ2n) is 5.47. The highest BCUT2D eigenvalue weighted by Gasteiger charge is 2.20. The number of rotatable bonds is 7. The predicted octanol–water partition coefficient (Wildman–Crippen LogP) is 3.08. The second kappa shape index (κ2) is 8.46. The first-order valence-corrected chi connectivity index (χ1v) is 10.1. The molecule has 1 atom stereocenters. The Labute approximate surface area is 155 Å². The van der Waals surface area contributed by atoms with Gasteiger partial charge in [-0.15, -0.1) is 0 Å². The minimum absolute atomic E-state index is 0.0323. The zero-order chi connectivity index (χ0) is 18.4. The van der Waals surface area contributed by atoms with Gasteiger partial charge in [-0.05, 0) is 42.0 Å². The van der Waals surface area contributed by atoms with Crippen LogP contribution in [0.3, 0.4) is 0 Å². The lowest BCUT2D eigenvalue weighted by atomic mass is 10.0. The fraction of sp³-hybridized carbons (Fsp3) is 0.235. The first-order chi connectivity index (χ1) is 11.8. The number of hydrogen-bond acceptors (Lipinski definition) is 4. The number of anilines is 1. The molecule has 1 amide bonds. The summed E-state index contributed by atoms with van der Waals surface area (Å²) in [7, 11) is -1.93. The Bertz CT molecular complexity index is 821. The van der Waals surface area contributed by atoms with Crippen LogP contribution in [0.1, 0.15) is 18.0 Å². The summed E-state index contributed by atoms with van der Waals surface area (Å²) < 4.78 is 31.8. The smallest absolute Gasteiger partial charge is 0.226 e. The molecule has 0 saturated carbocycles. The number of carbonyl (C=O) groups excluding carboxylic acids is 1. The third-order valence-corrected chi connectivity index (χ3v) is 4.63. The maximum atomic E-state index is 12.3. The highest BCUT2D eigenvalue weighted by Crippen LogP contribution is 2.22. The molecule has 0 saturated heterocycles. The van der Waals surface area contributed by atoms with E-state index in [1.54, 1.807) is 43.5 Å². The van der Waals surface area contributed by atoms with Gasteiger partial charge in [0.25, 0.3) is 0 Å². The topological polar surface area (TPSA) is 84.5 Å². The van der Waals surface area contributed by atoms with E-state index in [9.17, 15) is 13.2 Å². The highest BCUT2D eigenvalue weighted by molar-refractivity contribution is 9.10. The molecule has 0 radical (unpaired) electrons. The van der Waals surface area contributed by atoms with Gasteiger partial charge in [0.2, 0.25) is 15.9 Å². The predicted molar refractivity (Wildman–Crippen MR) is 101 cm³/mol. The Morgan fingerprint density at radius 2 is 1.72 bits per heavy atom. The normalized spacial score (nSPS) is 12.4. The molecule has 2 aromatic carbocycles. The molecule has 0 aliphatic heterocycles. The number of sulfonamides is 1. The quantitative estimate of drug-likeness (QED) is 0.712. The molecule has 0 aromatic heterocycles. The van der Waals surface area contributed by atoms with Crippen LogP contribution in [-0.2, 0) is 14.8 Å². The summed E-state index contributed by atoms with van der Waals surface area (Å²) >= 11 is 3.33. The lowest BCUT2D eigenvalue weighted by Gasteiger charge is -2.18. The van der Waals surface area contributed by atoms with Gasteiger partial charge in [-0.3, -0.25) is 4.79 Å². The monoisotopic (exact) mass is 426 g/mol. The van der Waals surface area contributed by atoms with Crippen LogP contribution in [0.4, 0.5) is 5.69 Å². The van der Waals surface area contributed by atoms with Gasteiger partial charge >= 0.3 is 0 Å². The lowest BCUT2D eigenvalue weighted by molar-refractivity contribution is -0.116. The molecular weight excluding hydrogens is 408 g/mol. The van der Waals surface area contributed by atoms with E-state index in [1.165, 1.54) is 0 Å². The Kier molecular flexibility index (Phi) is 6.57. The van der Waals surface area contributed by atoms with Gasteiger partial charge in [0.1, 0.15) is 5.75 Å². The average molecular weight is 427 g/mol. The van der Waals surface area contributed by atoms with Crippen LogP contribution in [0.15, 0.2) is 53.0 Å². The van der Waals surface area contributed by atoms with Crippen LogP contribution in [-0.4, -0.2) is 27.7 Å². The van der Waals surface area contributed by atoms with Gasteiger partial charge in [-0.25, -0.2) is 13.1 Å². The summed E-state index contributed by atoms with van der Waals surface area (Å²) in [6.07, 6.45) is 1.03. The number of halogens is 1. The van der Waals surface area contributed by atoms with Crippen LogP contribution in [0.25, 0.3) is 0 Å². The van der Waals surface area contributed by atoms with Crippen molar-refractivity contribution in [1.29, 1.82) is 0 Å². The fourth-order valence-corrected chi connectivity index (χ4v) is 3.25. The number of nitrogens with one attached hydrogen (secondary N) is 2. The van der Waals surface area contributed by atoms with Crippen molar-refractivity contribution in [2.45, 2.75) is 12.5 Å². The van der Waals surface area contributed by atoms with Crippen LogP contribution in [0.2, 0.25) is 0 Å². The minimum atomic E-state index is -3.48. The summed E-state index contributed by atoms with van der Waals surface area (Å²) in [4.78, 5) is 12.3. The van der Waals surface area contributed by atoms with E-state index in [0.29, 0.717) is 17.0 Å². The third kappa shape index (κ3) is 6.49. The first-order valence-electron chi connectivity index (χ1n) is 7.43. The molecule has 2 N–H and O–H groups in total. The van der Waals surface area contributed by atoms with Crippen molar-refractivity contribution in [3.05, 3.63) is 58.6 Å². The van der Waals surface area contributed by atoms with Gasteiger partial charge in [0.05, 0.1) is 19.4 Å². The maximum absolute atomic E-state index is 12.3. The maximum Gasteiger partial charge on any atom is 0.226 e. The van der Waals surface area contributed by atoms with Crippen molar-refractivity contribution < 1.29 is 17.9 Å². The van der Waals surface area contributed by atoms with Gasteiger partial charge in [-0.2, -0.15) is 0 Å². The van der Waals surface area contributed by atoms with Crippen molar-refractivity contribution in [2.24, 2.45) is 0 Å². The zero-order valence-corrected chi connectivity index (χ0v) is 16.2. The Balaban J connectivity index is 2.14. The van der Waals surface area contributed by atoms with E-state index in [4.69, 9.17) is 4.74 Å². The lowest BCUT2D eigenvalue weighted by Crippen LogP contribution is -2.30. The molecule has 0 spiro atoms. The summed E-state index contributed by atoms with van der Waals surface area (Å²) in [5.74, 6) is 0.362. The number of hydrogen-bond donors (Lipinski definition) is 2. The molecule has 6 nitrogen and oxygen atoms in total. The summed E-state index contributed by atoms with van der Waals surface area (Å²) in [5.41, 5.74) is 1.32. The molecular formula is C17H19BrN2O4S. The molecule has 8 heteroatoms. The first kappa shape index (κ1) is 19.4. The molecule has 0 bridgehead atoms. The summed E-state index contributed by atoms with van der Waals surface area (Å²) in [5, 5.41) is 2.76. The van der Waals surface area contributed by atoms with Gasteiger partial charge in [0.15, 0.2) is 0 Å². The zero-order valence-electron chi connectivity index (χ0n) is 13.8. The largest absolute Gasteiger partial charge is 0.497 e. The third-order valence-electron chi connectivity index (χ3n) is 3.39. The van der Waals surface area contributed by atoms with E-state index in [-0.39, 0.29) is 12.3 Å². The Hall–Kier alpha value is -1.90. The van der Waals surface area contributed by atoms with E-state index < -0.39 is 16.1 Å². The van der Waals surface area contributed by atoms with Crippen LogP contribution < -0.4 is 14.8 Å². The molecule has 0 fully saturated rings. The van der Waals surface area contributed by atoms with Crippen LogP contribution in [0.5, 0.6) is 5.75 Å². The average Bonchev–Trinajstić information content (AvgIpc) is 2.55. The summed E-state index contributed by atoms with van der Waals surface area (Å²) in [6.45, 7) is 0. The van der Waals surface area contributed by atoms with Gasteiger partial charge < -0.3 is 10.1 Å². The van der Waals surface area contributed by atoms with Gasteiger partial charge in [-0.1, -0.05) is 28.1 Å². The van der Waals surface area contributed by atoms with E-state index >= 15 is 0 Å². The highest BCUT2D eigenvalue weighted by atomic mass is 79.9. The molecule has 0 heterocycles. The molecule has 0 aliphatic carbocycles. The minimum Gasteiger partial charge on any atom is -0.497 e. The Morgan fingerprint density at radius 1 is 1.12 bits per heavy atom. The van der Waals surface area contributed by atoms with Crippen molar-refractivity contribution in [3.8, 4) is 5.75 Å². The molecule has 25 heavy (non-hydrogen) atoms. The van der Waals surface area contributed by atoms with Crippen molar-refractivity contribution in [2.75, 3.05) is 18.7 Å². The van der Waals surface area contributed by atoms with Crippen LogP contribution in [0, 0.1) is 0 Å². The summed E-state index contributed by atoms with van der Waals surface area (Å²) in [6, 6.07) is 13.4. The van der Waals surface area contributed by atoms with Crippen molar-refractivity contribution in [3.63, 3.8) is 0 Å². The van der Waals surface area contributed by atoms with E-state index in [2.05, 4.69) is 26.0 Å². The number of methoxy groups -OCH3 is 1. The molecule has 2 aromatic rings. The van der Waals surface area contributed by atoms with Gasteiger partial charge in [0, 0.05) is 16.6 Å². The Morgan fingerprint density at radius 3 is 2.24 bits per heavy atom. The van der Waals surface area contributed by atoms with Crippen molar-refractivity contribution >= 4 is 37.5 Å². The molecule has 2 rings (SSSR count).